The molecule has 17 heavy (non-hydrogen) atoms. The summed E-state index contributed by atoms with van der Waals surface area (Å²) in [6, 6.07) is 18.3. The van der Waals surface area contributed by atoms with Crippen LogP contribution in [-0.4, -0.2) is 4.98 Å². The summed E-state index contributed by atoms with van der Waals surface area (Å²) >= 11 is 0. The summed E-state index contributed by atoms with van der Waals surface area (Å²) < 4.78 is 0. The van der Waals surface area contributed by atoms with Crippen LogP contribution in [0.25, 0.3) is 21.7 Å². The van der Waals surface area contributed by atoms with Crippen molar-refractivity contribution in [2.75, 3.05) is 0 Å². The van der Waals surface area contributed by atoms with Crippen LogP contribution < -0.4 is 0 Å². The van der Waals surface area contributed by atoms with Crippen LogP contribution in [0.3, 0.4) is 0 Å². The van der Waals surface area contributed by atoms with Gasteiger partial charge in [-0.3, -0.25) is 4.98 Å². The van der Waals surface area contributed by atoms with Crippen LogP contribution in [0.15, 0.2) is 48.5 Å². The number of fused-ring (bicyclic) bond motifs is 3. The van der Waals surface area contributed by atoms with E-state index in [4.69, 9.17) is 5.26 Å². The fourth-order valence-corrected chi connectivity index (χ4v) is 2.18. The number of pyridine rings is 1. The highest BCUT2D eigenvalue weighted by Crippen LogP contribution is 2.26. The van der Waals surface area contributed by atoms with Gasteiger partial charge in [-0.05, 0) is 11.5 Å². The van der Waals surface area contributed by atoms with E-state index in [1.54, 1.807) is 0 Å². The van der Waals surface area contributed by atoms with E-state index in [1.165, 1.54) is 5.39 Å². The van der Waals surface area contributed by atoms with E-state index in [9.17, 15) is 0 Å². The Balaban J connectivity index is 2.51. The van der Waals surface area contributed by atoms with E-state index >= 15 is 0 Å². The summed E-state index contributed by atoms with van der Waals surface area (Å²) in [5.41, 5.74) is 1.82. The maximum Gasteiger partial charge on any atom is 0.0781 e. The Morgan fingerprint density at radius 2 is 1.53 bits per heavy atom. The molecular formula is C15H10N2. The molecule has 2 heteroatoms. The molecule has 3 aromatic rings. The van der Waals surface area contributed by atoms with Gasteiger partial charge in [0.1, 0.15) is 0 Å². The molecule has 0 aliphatic carbocycles. The highest BCUT2D eigenvalue weighted by molar-refractivity contribution is 6.06. The largest absolute Gasteiger partial charge is 0.251 e. The van der Waals surface area contributed by atoms with Gasteiger partial charge in [0.2, 0.25) is 0 Å². The van der Waals surface area contributed by atoms with Crippen molar-refractivity contribution in [1.29, 1.82) is 5.26 Å². The Bertz CT molecular complexity index is 739. The molecule has 1 aromatic heterocycles. The Morgan fingerprint density at radius 3 is 2.29 bits per heavy atom. The maximum atomic E-state index is 8.86. The molecule has 0 saturated carbocycles. The van der Waals surface area contributed by atoms with Gasteiger partial charge in [0, 0.05) is 10.8 Å². The predicted octanol–water partition coefficient (Wildman–Crippen LogP) is 3.45. The average molecular weight is 218 g/mol. The summed E-state index contributed by atoms with van der Waals surface area (Å²) in [5.74, 6) is 0. The molecule has 0 aliphatic heterocycles. The minimum absolute atomic E-state index is 0.353. The Kier molecular flexibility index (Phi) is 2.23. The third kappa shape index (κ3) is 1.53. The number of aromatic nitrogens is 1. The lowest BCUT2D eigenvalue weighted by Crippen LogP contribution is -1.92. The van der Waals surface area contributed by atoms with Gasteiger partial charge in [-0.15, -0.1) is 0 Å². The number of hydrogen-bond acceptors (Lipinski definition) is 2. The number of nitrogens with zero attached hydrogens (tertiary/aromatic N) is 2. The zero-order valence-electron chi connectivity index (χ0n) is 9.22. The van der Waals surface area contributed by atoms with Crippen molar-refractivity contribution in [3.8, 4) is 6.07 Å². The van der Waals surface area contributed by atoms with Crippen LogP contribution in [-0.2, 0) is 6.42 Å². The van der Waals surface area contributed by atoms with Crippen LogP contribution in [0.4, 0.5) is 0 Å². The van der Waals surface area contributed by atoms with E-state index in [0.717, 1.165) is 22.0 Å². The topological polar surface area (TPSA) is 36.7 Å². The summed E-state index contributed by atoms with van der Waals surface area (Å²) in [6.45, 7) is 0. The minimum Gasteiger partial charge on any atom is -0.251 e. The molecule has 0 saturated heterocycles. The average Bonchev–Trinajstić information content (AvgIpc) is 2.39. The van der Waals surface area contributed by atoms with Crippen LogP contribution in [0.5, 0.6) is 0 Å². The molecule has 0 unspecified atom stereocenters. The fourth-order valence-electron chi connectivity index (χ4n) is 2.18. The Labute approximate surface area is 99.1 Å². The number of para-hydroxylation sites is 1. The summed E-state index contributed by atoms with van der Waals surface area (Å²) in [6.07, 6.45) is 0.353. The zero-order chi connectivity index (χ0) is 11.7. The van der Waals surface area contributed by atoms with E-state index < -0.39 is 0 Å². The van der Waals surface area contributed by atoms with Gasteiger partial charge in [-0.2, -0.15) is 5.26 Å². The highest BCUT2D eigenvalue weighted by Gasteiger charge is 2.06. The van der Waals surface area contributed by atoms with Gasteiger partial charge in [0.15, 0.2) is 0 Å². The molecule has 0 bridgehead atoms. The molecule has 0 amide bonds. The van der Waals surface area contributed by atoms with Crippen molar-refractivity contribution in [2.24, 2.45) is 0 Å². The number of benzene rings is 2. The Morgan fingerprint density at radius 1 is 0.882 bits per heavy atom. The molecule has 80 valence electrons. The lowest BCUT2D eigenvalue weighted by atomic mass is 10.0. The molecule has 2 aromatic carbocycles. The van der Waals surface area contributed by atoms with E-state index in [-0.39, 0.29) is 0 Å². The first-order valence-electron chi connectivity index (χ1n) is 5.53. The molecule has 2 nitrogen and oxygen atoms in total. The molecule has 0 N–H and O–H groups in total. The van der Waals surface area contributed by atoms with Crippen molar-refractivity contribution in [1.82, 2.24) is 4.98 Å². The smallest absolute Gasteiger partial charge is 0.0781 e. The van der Waals surface area contributed by atoms with Crippen molar-refractivity contribution in [3.63, 3.8) is 0 Å². The lowest BCUT2D eigenvalue weighted by molar-refractivity contribution is 1.17. The first-order chi connectivity index (χ1) is 8.40. The standard InChI is InChI=1S/C15H10N2/c16-10-9-15-13-6-2-1-5-11(13)12-7-3-4-8-14(12)17-15/h1-8H,9H2. The maximum absolute atomic E-state index is 8.86. The monoisotopic (exact) mass is 218 g/mol. The van der Waals surface area contributed by atoms with Crippen molar-refractivity contribution >= 4 is 21.7 Å². The van der Waals surface area contributed by atoms with Crippen LogP contribution in [0.2, 0.25) is 0 Å². The van der Waals surface area contributed by atoms with Gasteiger partial charge in [-0.25, -0.2) is 0 Å². The summed E-state index contributed by atoms with van der Waals surface area (Å²) in [4.78, 5) is 4.57. The quantitative estimate of drug-likeness (QED) is 0.586. The van der Waals surface area contributed by atoms with Crippen molar-refractivity contribution in [3.05, 3.63) is 54.2 Å². The normalized spacial score (nSPS) is 10.5. The van der Waals surface area contributed by atoms with Crippen molar-refractivity contribution in [2.45, 2.75) is 6.42 Å². The highest BCUT2D eigenvalue weighted by atomic mass is 14.7. The predicted molar refractivity (Wildman–Crippen MR) is 68.6 cm³/mol. The lowest BCUT2D eigenvalue weighted by Gasteiger charge is -2.06. The molecule has 1 heterocycles. The number of nitriles is 1. The first-order valence-corrected chi connectivity index (χ1v) is 5.53. The second kappa shape index (κ2) is 3.88. The van der Waals surface area contributed by atoms with E-state index in [0.29, 0.717) is 6.42 Å². The molecule has 0 aliphatic rings. The third-order valence-corrected chi connectivity index (χ3v) is 2.93. The Hall–Kier alpha value is -2.40. The minimum atomic E-state index is 0.353. The van der Waals surface area contributed by atoms with Gasteiger partial charge < -0.3 is 0 Å². The molecule has 0 radical (unpaired) electrons. The van der Waals surface area contributed by atoms with E-state index in [1.807, 2.05) is 36.4 Å². The number of hydrogen-bond donors (Lipinski definition) is 0. The van der Waals surface area contributed by atoms with E-state index in [2.05, 4.69) is 23.2 Å². The molecular weight excluding hydrogens is 208 g/mol. The van der Waals surface area contributed by atoms with Crippen LogP contribution in [0, 0.1) is 11.3 Å². The van der Waals surface area contributed by atoms with Gasteiger partial charge >= 0.3 is 0 Å². The SMILES string of the molecule is N#CCc1nc2ccccc2c2ccccc12. The van der Waals surface area contributed by atoms with Gasteiger partial charge in [-0.1, -0.05) is 42.5 Å². The molecule has 0 atom stereocenters. The fraction of sp³-hybridized carbons (Fsp3) is 0.0667. The summed E-state index contributed by atoms with van der Waals surface area (Å²) in [5, 5.41) is 12.3. The van der Waals surface area contributed by atoms with Gasteiger partial charge in [0.25, 0.3) is 0 Å². The van der Waals surface area contributed by atoms with Crippen LogP contribution >= 0.6 is 0 Å². The molecule has 0 spiro atoms. The molecule has 3 rings (SSSR count). The first kappa shape index (κ1) is 9.80. The van der Waals surface area contributed by atoms with Crippen molar-refractivity contribution < 1.29 is 0 Å². The third-order valence-electron chi connectivity index (χ3n) is 2.93. The number of rotatable bonds is 1. The zero-order valence-corrected chi connectivity index (χ0v) is 9.22. The second-order valence-corrected chi connectivity index (χ2v) is 3.96. The second-order valence-electron chi connectivity index (χ2n) is 3.96. The molecule has 0 fully saturated rings. The van der Waals surface area contributed by atoms with Crippen LogP contribution in [0.1, 0.15) is 5.69 Å². The summed E-state index contributed by atoms with van der Waals surface area (Å²) in [7, 11) is 0. The van der Waals surface area contributed by atoms with Gasteiger partial charge in [0.05, 0.1) is 23.7 Å².